The van der Waals surface area contributed by atoms with Crippen LogP contribution in [0.5, 0.6) is 11.8 Å². The van der Waals surface area contributed by atoms with Crippen LogP contribution < -0.4 is 14.4 Å². The minimum absolute atomic E-state index is 0.120. The summed E-state index contributed by atoms with van der Waals surface area (Å²) in [5.74, 6) is -2.09. The van der Waals surface area contributed by atoms with Crippen LogP contribution in [-0.4, -0.2) is 28.5 Å². The van der Waals surface area contributed by atoms with Gasteiger partial charge in [0.1, 0.15) is 19.0 Å². The normalized spacial score (nSPS) is 15.2. The van der Waals surface area contributed by atoms with Crippen LogP contribution >= 0.6 is 0 Å². The standard InChI is InChI=1S/C31H27FN2O5/c32-26-17-23(11-13-27(26)34-16-15-24(31(36)37)18-29(34)35)25-12-14-28(38-19-21-7-3-1-4-8-21)33-30(25)39-20-22-9-5-2-6-10-22/h1-14,17,24H,15-16,18-20H2,(H,36,37). The van der Waals surface area contributed by atoms with Crippen LogP contribution in [0.1, 0.15) is 24.0 Å². The molecule has 1 fully saturated rings. The van der Waals surface area contributed by atoms with E-state index in [1.807, 2.05) is 60.7 Å². The highest BCUT2D eigenvalue weighted by Crippen LogP contribution is 2.35. The summed E-state index contributed by atoms with van der Waals surface area (Å²) in [6, 6.07) is 27.4. The fourth-order valence-electron chi connectivity index (χ4n) is 4.48. The largest absolute Gasteiger partial charge is 0.481 e. The molecule has 5 rings (SSSR count). The first-order valence-electron chi connectivity index (χ1n) is 12.7. The minimum atomic E-state index is -1.01. The number of aliphatic carboxylic acids is 1. The number of hydrogen-bond acceptors (Lipinski definition) is 5. The zero-order valence-electron chi connectivity index (χ0n) is 21.1. The fourth-order valence-corrected chi connectivity index (χ4v) is 4.48. The van der Waals surface area contributed by atoms with Crippen molar-refractivity contribution in [2.24, 2.45) is 5.92 Å². The molecule has 1 atom stereocenters. The summed E-state index contributed by atoms with van der Waals surface area (Å²) in [6.45, 7) is 0.740. The molecule has 8 heteroatoms. The number of carboxylic acids is 1. The highest BCUT2D eigenvalue weighted by molar-refractivity contribution is 5.97. The zero-order chi connectivity index (χ0) is 27.2. The molecule has 0 saturated carbocycles. The predicted molar refractivity (Wildman–Crippen MR) is 144 cm³/mol. The van der Waals surface area contributed by atoms with Gasteiger partial charge in [0, 0.05) is 24.6 Å². The van der Waals surface area contributed by atoms with Crippen molar-refractivity contribution in [3.05, 3.63) is 108 Å². The van der Waals surface area contributed by atoms with E-state index < -0.39 is 23.6 Å². The molecule has 39 heavy (non-hydrogen) atoms. The Morgan fingerprint density at radius 1 is 0.923 bits per heavy atom. The van der Waals surface area contributed by atoms with Gasteiger partial charge in [0.25, 0.3) is 0 Å². The lowest BCUT2D eigenvalue weighted by molar-refractivity contribution is -0.144. The summed E-state index contributed by atoms with van der Waals surface area (Å²) in [7, 11) is 0. The molecule has 1 saturated heterocycles. The second-order valence-electron chi connectivity index (χ2n) is 9.29. The second kappa shape index (κ2) is 11.8. The van der Waals surface area contributed by atoms with E-state index in [9.17, 15) is 14.7 Å². The number of ether oxygens (including phenoxy) is 2. The number of hydrogen-bond donors (Lipinski definition) is 1. The number of pyridine rings is 1. The molecule has 1 N–H and O–H groups in total. The molecule has 1 aromatic heterocycles. The van der Waals surface area contributed by atoms with Crippen molar-refractivity contribution in [2.75, 3.05) is 11.4 Å². The number of carboxylic acid groups (broad SMARTS) is 1. The molecule has 0 bridgehead atoms. The Morgan fingerprint density at radius 2 is 1.59 bits per heavy atom. The van der Waals surface area contributed by atoms with Gasteiger partial charge in [0.2, 0.25) is 17.7 Å². The van der Waals surface area contributed by atoms with Gasteiger partial charge in [-0.05, 0) is 41.3 Å². The van der Waals surface area contributed by atoms with Gasteiger partial charge in [-0.1, -0.05) is 66.7 Å². The molecule has 0 spiro atoms. The third-order valence-electron chi connectivity index (χ3n) is 6.60. The number of rotatable bonds is 9. The maximum Gasteiger partial charge on any atom is 0.307 e. The smallest absolute Gasteiger partial charge is 0.307 e. The monoisotopic (exact) mass is 526 g/mol. The Hall–Kier alpha value is -4.72. The van der Waals surface area contributed by atoms with Gasteiger partial charge in [-0.2, -0.15) is 4.98 Å². The second-order valence-corrected chi connectivity index (χ2v) is 9.29. The Bertz CT molecular complexity index is 1460. The minimum Gasteiger partial charge on any atom is -0.481 e. The molecule has 7 nitrogen and oxygen atoms in total. The quantitative estimate of drug-likeness (QED) is 0.293. The third kappa shape index (κ3) is 6.23. The van der Waals surface area contributed by atoms with Crippen molar-refractivity contribution >= 4 is 17.6 Å². The van der Waals surface area contributed by atoms with Crippen molar-refractivity contribution in [1.29, 1.82) is 0 Å². The highest BCUT2D eigenvalue weighted by atomic mass is 19.1. The zero-order valence-corrected chi connectivity index (χ0v) is 21.1. The van der Waals surface area contributed by atoms with E-state index in [1.165, 1.54) is 17.0 Å². The van der Waals surface area contributed by atoms with E-state index in [-0.39, 0.29) is 37.6 Å². The summed E-state index contributed by atoms with van der Waals surface area (Å²) in [5.41, 5.74) is 3.16. The van der Waals surface area contributed by atoms with E-state index >= 15 is 4.39 Å². The van der Waals surface area contributed by atoms with E-state index in [4.69, 9.17) is 9.47 Å². The Morgan fingerprint density at radius 3 is 2.21 bits per heavy atom. The third-order valence-corrected chi connectivity index (χ3v) is 6.60. The Labute approximate surface area is 225 Å². The topological polar surface area (TPSA) is 89.0 Å². The molecule has 0 aliphatic carbocycles. The maximum atomic E-state index is 15.3. The summed E-state index contributed by atoms with van der Waals surface area (Å²) in [4.78, 5) is 29.7. The van der Waals surface area contributed by atoms with Crippen LogP contribution in [0.3, 0.4) is 0 Å². The summed E-state index contributed by atoms with van der Waals surface area (Å²) >= 11 is 0. The number of carbonyl (C=O) groups is 2. The number of halogens is 1. The summed E-state index contributed by atoms with van der Waals surface area (Å²) in [5, 5.41) is 9.21. The number of carbonyl (C=O) groups excluding carboxylic acids is 1. The molecular weight excluding hydrogens is 499 g/mol. The van der Waals surface area contributed by atoms with Gasteiger partial charge in [-0.25, -0.2) is 4.39 Å². The molecule has 1 unspecified atom stereocenters. The van der Waals surface area contributed by atoms with Gasteiger partial charge >= 0.3 is 5.97 Å². The van der Waals surface area contributed by atoms with Gasteiger partial charge in [-0.3, -0.25) is 9.59 Å². The predicted octanol–water partition coefficient (Wildman–Crippen LogP) is 5.87. The molecule has 1 amide bonds. The van der Waals surface area contributed by atoms with Crippen LogP contribution in [0.4, 0.5) is 10.1 Å². The first kappa shape index (κ1) is 25.9. The van der Waals surface area contributed by atoms with E-state index in [0.717, 1.165) is 11.1 Å². The molecular formula is C31H27FN2O5. The van der Waals surface area contributed by atoms with Gasteiger partial charge in [-0.15, -0.1) is 0 Å². The number of aromatic nitrogens is 1. The summed E-state index contributed by atoms with van der Waals surface area (Å²) < 4.78 is 27.3. The maximum absolute atomic E-state index is 15.3. The van der Waals surface area contributed by atoms with Crippen LogP contribution in [-0.2, 0) is 22.8 Å². The van der Waals surface area contributed by atoms with Gasteiger partial charge in [0.15, 0.2) is 0 Å². The lowest BCUT2D eigenvalue weighted by Gasteiger charge is -2.30. The van der Waals surface area contributed by atoms with Crippen molar-refractivity contribution in [1.82, 2.24) is 4.98 Å². The van der Waals surface area contributed by atoms with Crippen molar-refractivity contribution in [2.45, 2.75) is 26.1 Å². The van der Waals surface area contributed by atoms with Gasteiger partial charge < -0.3 is 19.5 Å². The first-order chi connectivity index (χ1) is 19.0. The molecule has 4 aromatic rings. The van der Waals surface area contributed by atoms with Crippen LogP contribution in [0.15, 0.2) is 91.0 Å². The van der Waals surface area contributed by atoms with Crippen LogP contribution in [0.2, 0.25) is 0 Å². The van der Waals surface area contributed by atoms with Gasteiger partial charge in [0.05, 0.1) is 11.6 Å². The van der Waals surface area contributed by atoms with Crippen molar-refractivity contribution in [3.8, 4) is 22.9 Å². The average molecular weight is 527 g/mol. The van der Waals surface area contributed by atoms with Crippen molar-refractivity contribution < 1.29 is 28.6 Å². The summed E-state index contributed by atoms with van der Waals surface area (Å²) in [6.07, 6.45) is 0.121. The average Bonchev–Trinajstić information content (AvgIpc) is 2.96. The van der Waals surface area contributed by atoms with E-state index in [1.54, 1.807) is 18.2 Å². The van der Waals surface area contributed by atoms with E-state index in [0.29, 0.717) is 23.6 Å². The lowest BCUT2D eigenvalue weighted by atomic mass is 9.95. The fraction of sp³-hybridized carbons (Fsp3) is 0.194. The molecule has 0 radical (unpaired) electrons. The number of amides is 1. The number of benzene rings is 3. The molecule has 1 aliphatic rings. The number of piperidine rings is 1. The van der Waals surface area contributed by atoms with Crippen LogP contribution in [0.25, 0.3) is 11.1 Å². The SMILES string of the molecule is O=C(O)C1CCN(c2ccc(-c3ccc(OCc4ccccc4)nc3OCc3ccccc3)cc2F)C(=O)C1. The number of nitrogens with zero attached hydrogens (tertiary/aromatic N) is 2. The molecule has 3 aromatic carbocycles. The molecule has 198 valence electrons. The molecule has 1 aliphatic heterocycles. The lowest BCUT2D eigenvalue weighted by Crippen LogP contribution is -2.41. The highest BCUT2D eigenvalue weighted by Gasteiger charge is 2.32. The van der Waals surface area contributed by atoms with Crippen molar-refractivity contribution in [3.63, 3.8) is 0 Å². The molecule has 2 heterocycles. The Balaban J connectivity index is 1.40. The number of anilines is 1. The van der Waals surface area contributed by atoms with E-state index in [2.05, 4.69) is 4.98 Å². The van der Waals surface area contributed by atoms with Crippen LogP contribution in [0, 0.1) is 11.7 Å². The first-order valence-corrected chi connectivity index (χ1v) is 12.7. The Kier molecular flexibility index (Phi) is 7.82.